The van der Waals surface area contributed by atoms with Crippen molar-refractivity contribution in [1.29, 1.82) is 5.26 Å². The van der Waals surface area contributed by atoms with E-state index in [2.05, 4.69) is 4.99 Å². The first-order valence-corrected chi connectivity index (χ1v) is 12.8. The molecule has 1 atom stereocenters. The van der Waals surface area contributed by atoms with E-state index in [9.17, 15) is 9.59 Å². The van der Waals surface area contributed by atoms with Crippen LogP contribution in [0.15, 0.2) is 63.5 Å². The van der Waals surface area contributed by atoms with Gasteiger partial charge in [0.05, 0.1) is 42.2 Å². The van der Waals surface area contributed by atoms with Crippen molar-refractivity contribution in [3.05, 3.63) is 84.5 Å². The predicted octanol–water partition coefficient (Wildman–Crippen LogP) is 3.11. The van der Waals surface area contributed by atoms with Crippen LogP contribution in [0.25, 0.3) is 6.08 Å². The molecule has 0 aliphatic carbocycles. The summed E-state index contributed by atoms with van der Waals surface area (Å²) in [4.78, 5) is 31.9. The van der Waals surface area contributed by atoms with Crippen LogP contribution in [0.3, 0.4) is 0 Å². The van der Waals surface area contributed by atoms with Crippen LogP contribution in [0.5, 0.6) is 17.2 Å². The molecule has 0 saturated heterocycles. The maximum absolute atomic E-state index is 13.8. The summed E-state index contributed by atoms with van der Waals surface area (Å²) in [5.74, 6) is 0.954. The minimum Gasteiger partial charge on any atom is -0.494 e. The molecular weight excluding hydrogens is 506 g/mol. The number of aromatic nitrogens is 1. The number of thiazole rings is 1. The molecule has 9 nitrogen and oxygen atoms in total. The van der Waals surface area contributed by atoms with Crippen molar-refractivity contribution >= 4 is 23.4 Å². The molecule has 0 unspecified atom stereocenters. The SMILES string of the molecule is CCOC(=O)C1=C(C)N=c2s/c(=C\c3cccc(OC)c3OCC#N)c(=O)n2[C@H]1c1ccc(OCC)cc1. The number of hydrogen-bond donors (Lipinski definition) is 0. The Kier molecular flexibility index (Phi) is 8.28. The molecule has 1 aliphatic rings. The van der Waals surface area contributed by atoms with Gasteiger partial charge in [0.1, 0.15) is 11.8 Å². The van der Waals surface area contributed by atoms with Gasteiger partial charge in [-0.2, -0.15) is 5.26 Å². The molecule has 0 saturated carbocycles. The Balaban J connectivity index is 1.92. The van der Waals surface area contributed by atoms with Gasteiger partial charge in [0.25, 0.3) is 5.56 Å². The number of fused-ring (bicyclic) bond motifs is 1. The first-order chi connectivity index (χ1) is 18.4. The fourth-order valence-corrected chi connectivity index (χ4v) is 5.26. The molecule has 3 aromatic rings. The van der Waals surface area contributed by atoms with Crippen LogP contribution >= 0.6 is 11.3 Å². The molecule has 0 N–H and O–H groups in total. The lowest BCUT2D eigenvalue weighted by atomic mass is 9.96. The van der Waals surface area contributed by atoms with Crippen molar-refractivity contribution in [1.82, 2.24) is 4.57 Å². The van der Waals surface area contributed by atoms with E-state index in [0.717, 1.165) is 5.56 Å². The molecule has 196 valence electrons. The van der Waals surface area contributed by atoms with E-state index in [-0.39, 0.29) is 18.8 Å². The maximum Gasteiger partial charge on any atom is 0.338 e. The Labute approximate surface area is 223 Å². The molecule has 2 aromatic carbocycles. The molecular formula is C28H27N3O6S. The van der Waals surface area contributed by atoms with Crippen molar-refractivity contribution in [2.45, 2.75) is 26.8 Å². The number of benzene rings is 2. The summed E-state index contributed by atoms with van der Waals surface area (Å²) in [6.45, 7) is 5.90. The topological polar surface area (TPSA) is 112 Å². The van der Waals surface area contributed by atoms with E-state index in [0.29, 0.717) is 50.0 Å². The van der Waals surface area contributed by atoms with Crippen LogP contribution < -0.4 is 29.1 Å². The molecule has 2 heterocycles. The number of hydrogen-bond acceptors (Lipinski definition) is 9. The number of para-hydroxylation sites is 1. The summed E-state index contributed by atoms with van der Waals surface area (Å²) in [6.07, 6.45) is 1.68. The van der Waals surface area contributed by atoms with Gasteiger partial charge in [-0.05, 0) is 50.6 Å². The van der Waals surface area contributed by atoms with Crippen molar-refractivity contribution < 1.29 is 23.7 Å². The molecule has 10 heteroatoms. The number of nitriles is 1. The Morgan fingerprint density at radius 3 is 2.58 bits per heavy atom. The van der Waals surface area contributed by atoms with Gasteiger partial charge in [0.2, 0.25) is 0 Å². The second-order valence-electron chi connectivity index (χ2n) is 8.13. The minimum atomic E-state index is -0.734. The number of nitrogens with zero attached hydrogens (tertiary/aromatic N) is 3. The van der Waals surface area contributed by atoms with Crippen molar-refractivity contribution in [3.8, 4) is 23.3 Å². The van der Waals surface area contributed by atoms with E-state index in [1.807, 2.05) is 37.3 Å². The number of ether oxygens (including phenoxy) is 4. The third-order valence-corrected chi connectivity index (χ3v) is 6.80. The van der Waals surface area contributed by atoms with E-state index in [4.69, 9.17) is 24.2 Å². The van der Waals surface area contributed by atoms with Gasteiger partial charge in [0, 0.05) is 5.56 Å². The third-order valence-electron chi connectivity index (χ3n) is 5.82. The molecule has 0 radical (unpaired) electrons. The number of methoxy groups -OCH3 is 1. The highest BCUT2D eigenvalue weighted by atomic mass is 32.1. The van der Waals surface area contributed by atoms with Gasteiger partial charge in [-0.3, -0.25) is 9.36 Å². The zero-order chi connectivity index (χ0) is 27.2. The van der Waals surface area contributed by atoms with E-state index in [1.165, 1.54) is 23.0 Å². The van der Waals surface area contributed by atoms with Crippen molar-refractivity contribution in [3.63, 3.8) is 0 Å². The highest BCUT2D eigenvalue weighted by Gasteiger charge is 2.33. The Hall–Kier alpha value is -4.36. The molecule has 0 bridgehead atoms. The van der Waals surface area contributed by atoms with Gasteiger partial charge in [-0.25, -0.2) is 9.79 Å². The van der Waals surface area contributed by atoms with Crippen molar-refractivity contribution in [2.75, 3.05) is 26.9 Å². The molecule has 1 aliphatic heterocycles. The molecule has 38 heavy (non-hydrogen) atoms. The molecule has 0 spiro atoms. The van der Waals surface area contributed by atoms with Gasteiger partial charge < -0.3 is 18.9 Å². The van der Waals surface area contributed by atoms with Gasteiger partial charge in [0.15, 0.2) is 22.9 Å². The normalized spacial score (nSPS) is 14.8. The molecule has 0 fully saturated rings. The summed E-state index contributed by atoms with van der Waals surface area (Å²) in [7, 11) is 1.50. The zero-order valence-corrected chi connectivity index (χ0v) is 22.3. The lowest BCUT2D eigenvalue weighted by molar-refractivity contribution is -0.139. The molecule has 1 aromatic heterocycles. The largest absolute Gasteiger partial charge is 0.494 e. The van der Waals surface area contributed by atoms with Crippen LogP contribution in [0.4, 0.5) is 0 Å². The zero-order valence-electron chi connectivity index (χ0n) is 21.5. The molecule has 4 rings (SSSR count). The number of rotatable bonds is 9. The smallest absolute Gasteiger partial charge is 0.338 e. The summed E-state index contributed by atoms with van der Waals surface area (Å²) in [5, 5.41) is 9.00. The first-order valence-electron chi connectivity index (χ1n) is 12.0. The minimum absolute atomic E-state index is 0.178. The Bertz CT molecular complexity index is 1600. The van der Waals surface area contributed by atoms with Gasteiger partial charge in [-0.1, -0.05) is 35.6 Å². The maximum atomic E-state index is 13.8. The average molecular weight is 534 g/mol. The number of carbonyl (C=O) groups excluding carboxylic acids is 1. The van der Waals surface area contributed by atoms with Crippen LogP contribution in [-0.2, 0) is 9.53 Å². The number of carbonyl (C=O) groups is 1. The van der Waals surface area contributed by atoms with E-state index < -0.39 is 12.0 Å². The van der Waals surface area contributed by atoms with Crippen LogP contribution in [-0.4, -0.2) is 37.5 Å². The summed E-state index contributed by atoms with van der Waals surface area (Å²) < 4.78 is 23.8. The van der Waals surface area contributed by atoms with Gasteiger partial charge >= 0.3 is 5.97 Å². The highest BCUT2D eigenvalue weighted by Crippen LogP contribution is 2.33. The Morgan fingerprint density at radius 1 is 1.16 bits per heavy atom. The third kappa shape index (κ3) is 5.19. The standard InChI is InChI=1S/C28H27N3O6S/c1-5-35-20-12-10-18(11-13-20)24-23(27(33)36-6-2)17(3)30-28-31(24)26(32)22(38-28)16-19-8-7-9-21(34-4)25(19)37-15-14-29/h7-13,16,24H,5-6,15H2,1-4H3/b22-16-/t24-/m0/s1. The van der Waals surface area contributed by atoms with E-state index >= 15 is 0 Å². The second kappa shape index (κ2) is 11.8. The van der Waals surface area contributed by atoms with Crippen molar-refractivity contribution in [2.24, 2.45) is 4.99 Å². The first kappa shape index (κ1) is 26.7. The quantitative estimate of drug-likeness (QED) is 0.389. The lowest BCUT2D eigenvalue weighted by Crippen LogP contribution is -2.39. The fourth-order valence-electron chi connectivity index (χ4n) is 4.23. The Morgan fingerprint density at radius 2 is 1.92 bits per heavy atom. The summed E-state index contributed by atoms with van der Waals surface area (Å²) in [6, 6.07) is 13.8. The van der Waals surface area contributed by atoms with Crippen LogP contribution in [0.2, 0.25) is 0 Å². The van der Waals surface area contributed by atoms with Crippen LogP contribution in [0.1, 0.15) is 37.9 Å². The van der Waals surface area contributed by atoms with Crippen LogP contribution in [0, 0.1) is 11.3 Å². The monoisotopic (exact) mass is 533 g/mol. The summed E-state index contributed by atoms with van der Waals surface area (Å²) >= 11 is 1.20. The number of esters is 1. The fraction of sp³-hybridized carbons (Fsp3) is 0.286. The second-order valence-corrected chi connectivity index (χ2v) is 9.14. The van der Waals surface area contributed by atoms with E-state index in [1.54, 1.807) is 38.1 Å². The number of allylic oxidation sites excluding steroid dienone is 1. The van der Waals surface area contributed by atoms with Gasteiger partial charge in [-0.15, -0.1) is 0 Å². The molecule has 0 amide bonds. The summed E-state index contributed by atoms with van der Waals surface area (Å²) in [5.41, 5.74) is 1.75. The highest BCUT2D eigenvalue weighted by molar-refractivity contribution is 7.07. The average Bonchev–Trinajstić information content (AvgIpc) is 3.21. The predicted molar refractivity (Wildman–Crippen MR) is 142 cm³/mol. The lowest BCUT2D eigenvalue weighted by Gasteiger charge is -2.24.